The number of benzene rings is 1. The van der Waals surface area contributed by atoms with E-state index in [1.54, 1.807) is 6.07 Å². The van der Waals surface area contributed by atoms with Crippen molar-refractivity contribution in [2.45, 2.75) is 31.4 Å². The Morgan fingerprint density at radius 2 is 2.04 bits per heavy atom. The lowest BCUT2D eigenvalue weighted by Crippen LogP contribution is -2.42. The summed E-state index contributed by atoms with van der Waals surface area (Å²) in [6, 6.07) is 5.48. The highest BCUT2D eigenvalue weighted by atomic mass is 19.1. The van der Waals surface area contributed by atoms with Crippen molar-refractivity contribution < 1.29 is 28.6 Å². The van der Waals surface area contributed by atoms with Crippen molar-refractivity contribution in [3.8, 4) is 0 Å². The molecule has 0 saturated carbocycles. The van der Waals surface area contributed by atoms with E-state index in [-0.39, 0.29) is 43.0 Å². The van der Waals surface area contributed by atoms with E-state index in [4.69, 9.17) is 9.84 Å². The van der Waals surface area contributed by atoms with Crippen molar-refractivity contribution in [2.75, 3.05) is 25.1 Å². The van der Waals surface area contributed by atoms with E-state index >= 15 is 0 Å². The van der Waals surface area contributed by atoms with Crippen LogP contribution in [0.4, 0.5) is 10.1 Å². The molecule has 7 nitrogen and oxygen atoms in total. The summed E-state index contributed by atoms with van der Waals surface area (Å²) in [5.74, 6) is -2.71. The second kappa shape index (κ2) is 7.41. The molecule has 3 atom stereocenters. The number of amides is 2. The molecule has 0 radical (unpaired) electrons. The number of anilines is 1. The lowest BCUT2D eigenvalue weighted by atomic mass is 10.1. The van der Waals surface area contributed by atoms with Crippen molar-refractivity contribution >= 4 is 23.5 Å². The van der Waals surface area contributed by atoms with Crippen LogP contribution in [0.25, 0.3) is 0 Å². The second-order valence-corrected chi connectivity index (χ2v) is 6.69. The summed E-state index contributed by atoms with van der Waals surface area (Å²) in [7, 11) is 1.52. The van der Waals surface area contributed by atoms with Crippen LogP contribution in [0.3, 0.4) is 0 Å². The highest BCUT2D eigenvalue weighted by Gasteiger charge is 2.43. The molecule has 1 aromatic rings. The molecule has 1 N–H and O–H groups in total. The van der Waals surface area contributed by atoms with Gasteiger partial charge in [0.15, 0.2) is 0 Å². The Morgan fingerprint density at radius 1 is 1.31 bits per heavy atom. The monoisotopic (exact) mass is 364 g/mol. The summed E-state index contributed by atoms with van der Waals surface area (Å²) >= 11 is 0. The van der Waals surface area contributed by atoms with Crippen LogP contribution in [0.2, 0.25) is 0 Å². The molecule has 2 heterocycles. The van der Waals surface area contributed by atoms with Gasteiger partial charge in [0, 0.05) is 32.7 Å². The molecule has 3 unspecified atom stereocenters. The fourth-order valence-corrected chi connectivity index (χ4v) is 3.72. The first kappa shape index (κ1) is 18.3. The molecule has 8 heteroatoms. The molecule has 2 aliphatic heterocycles. The average Bonchev–Trinajstić information content (AvgIpc) is 3.18. The Balaban J connectivity index is 1.74. The highest BCUT2D eigenvalue weighted by Crippen LogP contribution is 2.31. The van der Waals surface area contributed by atoms with Crippen molar-refractivity contribution in [1.29, 1.82) is 0 Å². The Kier molecular flexibility index (Phi) is 5.22. The van der Waals surface area contributed by atoms with Crippen molar-refractivity contribution in [3.63, 3.8) is 0 Å². The number of carbonyl (C=O) groups excluding carboxylic acids is 2. The van der Waals surface area contributed by atoms with E-state index in [2.05, 4.69) is 0 Å². The number of ether oxygens (including phenoxy) is 1. The minimum absolute atomic E-state index is 0.0128. The molecule has 3 rings (SSSR count). The second-order valence-electron chi connectivity index (χ2n) is 6.69. The van der Waals surface area contributed by atoms with Gasteiger partial charge in [0.1, 0.15) is 5.82 Å². The summed E-state index contributed by atoms with van der Waals surface area (Å²) < 4.78 is 19.3. The summed E-state index contributed by atoms with van der Waals surface area (Å²) in [6.07, 6.45) is 0.0551. The third-order valence-electron chi connectivity index (χ3n) is 5.02. The van der Waals surface area contributed by atoms with E-state index < -0.39 is 23.7 Å². The first-order valence-electron chi connectivity index (χ1n) is 8.50. The summed E-state index contributed by atoms with van der Waals surface area (Å²) in [6.45, 7) is 0.393. The molecule has 0 aliphatic carbocycles. The zero-order valence-corrected chi connectivity index (χ0v) is 14.4. The number of carbonyl (C=O) groups is 3. The molecule has 2 aliphatic rings. The van der Waals surface area contributed by atoms with Crippen LogP contribution in [-0.4, -0.2) is 60.1 Å². The number of methoxy groups -OCH3 is 1. The van der Waals surface area contributed by atoms with E-state index in [9.17, 15) is 18.8 Å². The molecular weight excluding hydrogens is 343 g/mol. The minimum atomic E-state index is -0.986. The highest BCUT2D eigenvalue weighted by molar-refractivity contribution is 6.00. The van der Waals surface area contributed by atoms with Gasteiger partial charge in [-0.05, 0) is 18.6 Å². The fraction of sp³-hybridized carbons (Fsp3) is 0.500. The van der Waals surface area contributed by atoms with Gasteiger partial charge in [-0.1, -0.05) is 12.1 Å². The SMILES string of the molecule is COC1CC(CC(=O)O)N(C(=O)C2CC(=O)N(c3ccccc3F)C2)C1. The minimum Gasteiger partial charge on any atom is -0.481 e. The maximum Gasteiger partial charge on any atom is 0.305 e. The number of aliphatic carboxylic acids is 1. The number of halogens is 1. The predicted octanol–water partition coefficient (Wildman–Crippen LogP) is 1.27. The van der Waals surface area contributed by atoms with Gasteiger partial charge in [-0.3, -0.25) is 14.4 Å². The van der Waals surface area contributed by atoms with Gasteiger partial charge in [-0.25, -0.2) is 4.39 Å². The number of nitrogens with zero attached hydrogens (tertiary/aromatic N) is 2. The molecule has 1 aromatic carbocycles. The zero-order valence-electron chi connectivity index (χ0n) is 14.4. The van der Waals surface area contributed by atoms with Crippen molar-refractivity contribution in [2.24, 2.45) is 5.92 Å². The average molecular weight is 364 g/mol. The largest absolute Gasteiger partial charge is 0.481 e. The molecule has 0 spiro atoms. The van der Waals surface area contributed by atoms with Crippen LogP contribution in [0, 0.1) is 11.7 Å². The van der Waals surface area contributed by atoms with E-state index in [0.717, 1.165) is 0 Å². The van der Waals surface area contributed by atoms with Gasteiger partial charge in [-0.15, -0.1) is 0 Å². The Labute approximate surface area is 150 Å². The molecule has 2 saturated heterocycles. The Bertz CT molecular complexity index is 725. The molecule has 140 valence electrons. The normalized spacial score (nSPS) is 25.8. The van der Waals surface area contributed by atoms with Crippen LogP contribution in [-0.2, 0) is 19.1 Å². The summed E-state index contributed by atoms with van der Waals surface area (Å²) in [4.78, 5) is 39.1. The van der Waals surface area contributed by atoms with E-state index in [0.29, 0.717) is 13.0 Å². The van der Waals surface area contributed by atoms with Crippen LogP contribution in [0.1, 0.15) is 19.3 Å². The molecular formula is C18H21FN2O5. The van der Waals surface area contributed by atoms with E-state index in [1.807, 2.05) is 0 Å². The van der Waals surface area contributed by atoms with Crippen molar-refractivity contribution in [3.05, 3.63) is 30.1 Å². The number of para-hydroxylation sites is 1. The van der Waals surface area contributed by atoms with Gasteiger partial charge in [0.05, 0.1) is 24.1 Å². The molecule has 26 heavy (non-hydrogen) atoms. The molecule has 0 aromatic heterocycles. The summed E-state index contributed by atoms with van der Waals surface area (Å²) in [5, 5.41) is 9.08. The third kappa shape index (κ3) is 3.55. The number of carboxylic acids is 1. The van der Waals surface area contributed by atoms with Gasteiger partial charge in [0.2, 0.25) is 11.8 Å². The number of carboxylic acid groups (broad SMARTS) is 1. The quantitative estimate of drug-likeness (QED) is 0.850. The third-order valence-corrected chi connectivity index (χ3v) is 5.02. The lowest BCUT2D eigenvalue weighted by Gasteiger charge is -2.26. The first-order chi connectivity index (χ1) is 12.4. The molecule has 0 bridgehead atoms. The number of hydrogen-bond donors (Lipinski definition) is 1. The van der Waals surface area contributed by atoms with Crippen LogP contribution < -0.4 is 4.90 Å². The van der Waals surface area contributed by atoms with Crippen LogP contribution >= 0.6 is 0 Å². The van der Waals surface area contributed by atoms with Crippen LogP contribution in [0.5, 0.6) is 0 Å². The van der Waals surface area contributed by atoms with Gasteiger partial charge in [0.25, 0.3) is 0 Å². The van der Waals surface area contributed by atoms with E-state index in [1.165, 1.54) is 35.1 Å². The molecule has 2 amide bonds. The van der Waals surface area contributed by atoms with Gasteiger partial charge in [-0.2, -0.15) is 0 Å². The lowest BCUT2D eigenvalue weighted by molar-refractivity contribution is -0.141. The number of hydrogen-bond acceptors (Lipinski definition) is 4. The molecule has 2 fully saturated rings. The Hall–Kier alpha value is -2.48. The maximum absolute atomic E-state index is 14.0. The maximum atomic E-state index is 14.0. The summed E-state index contributed by atoms with van der Waals surface area (Å²) in [5.41, 5.74) is 0.158. The van der Waals surface area contributed by atoms with Gasteiger partial charge < -0.3 is 19.6 Å². The predicted molar refractivity (Wildman–Crippen MR) is 90.0 cm³/mol. The smallest absolute Gasteiger partial charge is 0.305 e. The first-order valence-corrected chi connectivity index (χ1v) is 8.50. The number of likely N-dealkylation sites (tertiary alicyclic amines) is 1. The van der Waals surface area contributed by atoms with Crippen molar-refractivity contribution in [1.82, 2.24) is 4.90 Å². The van der Waals surface area contributed by atoms with Gasteiger partial charge >= 0.3 is 5.97 Å². The zero-order chi connectivity index (χ0) is 18.8. The standard InChI is InChI=1S/C18H21FN2O5/c1-26-13-7-12(8-17(23)24)20(10-13)18(25)11-6-16(22)21(9-11)15-5-3-2-4-14(15)19/h2-5,11-13H,6-10H2,1H3,(H,23,24). The fourth-order valence-electron chi connectivity index (χ4n) is 3.72. The van der Waals surface area contributed by atoms with Crippen LogP contribution in [0.15, 0.2) is 24.3 Å². The number of rotatable bonds is 5. The Morgan fingerprint density at radius 3 is 2.69 bits per heavy atom. The topological polar surface area (TPSA) is 87.1 Å².